The number of carbonyl (C=O) groups excluding carboxylic acids is 2. The highest BCUT2D eigenvalue weighted by Gasteiger charge is 2.45. The summed E-state index contributed by atoms with van der Waals surface area (Å²) in [7, 11) is 0. The number of likely N-dealkylation sites (tertiary alicyclic amines) is 1. The van der Waals surface area contributed by atoms with Crippen LogP contribution in [0.4, 0.5) is 4.79 Å². The molecule has 1 aromatic rings. The molecule has 0 aromatic heterocycles. The molecule has 0 radical (unpaired) electrons. The van der Waals surface area contributed by atoms with Gasteiger partial charge in [-0.2, -0.15) is 0 Å². The van der Waals surface area contributed by atoms with Crippen molar-refractivity contribution < 1.29 is 9.59 Å². The number of nitrogens with zero attached hydrogens (tertiary/aromatic N) is 1. The molecule has 5 heteroatoms. The van der Waals surface area contributed by atoms with Crippen molar-refractivity contribution in [1.29, 1.82) is 0 Å². The average Bonchev–Trinajstić information content (AvgIpc) is 3.43. The van der Waals surface area contributed by atoms with Gasteiger partial charge in [-0.15, -0.1) is 0 Å². The smallest absolute Gasteiger partial charge is 0.317 e. The standard InChI is InChI=1S/C22H31N3O2/c1-17-4-2-3-5-18(17)16-22(8-9-22)24-20(27)25-14-11-21(12-15-25)7-6-19(26)23-13-10-21/h2-5H,6-16H2,1H3,(H,23,26)(H,24,27). The van der Waals surface area contributed by atoms with Crippen LogP contribution in [0.15, 0.2) is 24.3 Å². The zero-order valence-corrected chi connectivity index (χ0v) is 16.4. The molecule has 4 rings (SSSR count). The van der Waals surface area contributed by atoms with Gasteiger partial charge in [-0.25, -0.2) is 4.79 Å². The first kappa shape index (κ1) is 18.3. The molecule has 3 aliphatic rings. The monoisotopic (exact) mass is 369 g/mol. The largest absolute Gasteiger partial charge is 0.356 e. The average molecular weight is 370 g/mol. The van der Waals surface area contributed by atoms with Gasteiger partial charge in [0.15, 0.2) is 0 Å². The van der Waals surface area contributed by atoms with E-state index in [9.17, 15) is 9.59 Å². The Kier molecular flexibility index (Phi) is 4.87. The summed E-state index contributed by atoms with van der Waals surface area (Å²) in [6, 6.07) is 8.56. The molecule has 1 aliphatic carbocycles. The summed E-state index contributed by atoms with van der Waals surface area (Å²) in [4.78, 5) is 26.5. The number of hydrogen-bond donors (Lipinski definition) is 2. The van der Waals surface area contributed by atoms with E-state index in [1.54, 1.807) is 0 Å². The third kappa shape index (κ3) is 4.12. The van der Waals surface area contributed by atoms with E-state index in [1.807, 2.05) is 4.90 Å². The SMILES string of the molecule is Cc1ccccc1CC1(NC(=O)N2CCC3(CCNC(=O)CC3)CC2)CC1. The molecule has 1 aromatic carbocycles. The van der Waals surface area contributed by atoms with Gasteiger partial charge in [-0.05, 0) is 68.4 Å². The molecule has 1 spiro atoms. The van der Waals surface area contributed by atoms with Gasteiger partial charge in [0.25, 0.3) is 0 Å². The van der Waals surface area contributed by atoms with Gasteiger partial charge < -0.3 is 15.5 Å². The molecule has 0 atom stereocenters. The predicted octanol–water partition coefficient (Wildman–Crippen LogP) is 3.16. The zero-order chi connectivity index (χ0) is 18.9. The highest BCUT2D eigenvalue weighted by molar-refractivity contribution is 5.76. The lowest BCUT2D eigenvalue weighted by molar-refractivity contribution is -0.121. The molecule has 0 unspecified atom stereocenters. The number of hydrogen-bond acceptors (Lipinski definition) is 2. The van der Waals surface area contributed by atoms with Crippen LogP contribution in [0, 0.1) is 12.3 Å². The Morgan fingerprint density at radius 1 is 1.11 bits per heavy atom. The van der Waals surface area contributed by atoms with E-state index in [-0.39, 0.29) is 22.9 Å². The van der Waals surface area contributed by atoms with Crippen LogP contribution in [-0.4, -0.2) is 42.0 Å². The minimum absolute atomic E-state index is 0.0447. The molecule has 0 bridgehead atoms. The topological polar surface area (TPSA) is 61.4 Å². The number of urea groups is 1. The Bertz CT molecular complexity index is 718. The van der Waals surface area contributed by atoms with Gasteiger partial charge in [0, 0.05) is 31.6 Å². The summed E-state index contributed by atoms with van der Waals surface area (Å²) in [5.41, 5.74) is 2.84. The van der Waals surface area contributed by atoms with Crippen LogP contribution in [0.25, 0.3) is 0 Å². The fourth-order valence-corrected chi connectivity index (χ4v) is 4.72. The van der Waals surface area contributed by atoms with Crippen LogP contribution in [-0.2, 0) is 11.2 Å². The molecule has 3 fully saturated rings. The summed E-state index contributed by atoms with van der Waals surface area (Å²) in [6.07, 6.45) is 7.73. The fourth-order valence-electron chi connectivity index (χ4n) is 4.72. The second-order valence-electron chi connectivity index (χ2n) is 8.90. The van der Waals surface area contributed by atoms with Gasteiger partial charge in [-0.1, -0.05) is 24.3 Å². The molecule has 2 heterocycles. The van der Waals surface area contributed by atoms with E-state index in [0.717, 1.165) is 64.6 Å². The maximum absolute atomic E-state index is 12.9. The Balaban J connectivity index is 1.32. The van der Waals surface area contributed by atoms with E-state index < -0.39 is 0 Å². The lowest BCUT2D eigenvalue weighted by Gasteiger charge is -2.41. The first-order valence-electron chi connectivity index (χ1n) is 10.4. The number of amides is 3. The van der Waals surface area contributed by atoms with Crippen molar-refractivity contribution in [3.05, 3.63) is 35.4 Å². The summed E-state index contributed by atoms with van der Waals surface area (Å²) in [6.45, 7) is 4.54. The van der Waals surface area contributed by atoms with Crippen molar-refractivity contribution in [3.63, 3.8) is 0 Å². The van der Waals surface area contributed by atoms with Gasteiger partial charge >= 0.3 is 6.03 Å². The summed E-state index contributed by atoms with van der Waals surface area (Å²) < 4.78 is 0. The van der Waals surface area contributed by atoms with Crippen LogP contribution >= 0.6 is 0 Å². The van der Waals surface area contributed by atoms with E-state index >= 15 is 0 Å². The maximum Gasteiger partial charge on any atom is 0.317 e. The Morgan fingerprint density at radius 2 is 1.85 bits per heavy atom. The number of carbonyl (C=O) groups is 2. The minimum Gasteiger partial charge on any atom is -0.356 e. The van der Waals surface area contributed by atoms with Gasteiger partial charge in [0.05, 0.1) is 0 Å². The maximum atomic E-state index is 12.9. The minimum atomic E-state index is -0.0447. The Morgan fingerprint density at radius 3 is 2.56 bits per heavy atom. The van der Waals surface area contributed by atoms with Crippen molar-refractivity contribution in [1.82, 2.24) is 15.5 Å². The van der Waals surface area contributed by atoms with Crippen LogP contribution < -0.4 is 10.6 Å². The summed E-state index contributed by atoms with van der Waals surface area (Å²) in [5, 5.41) is 6.33. The number of benzene rings is 1. The third-order valence-corrected chi connectivity index (χ3v) is 6.99. The lowest BCUT2D eigenvalue weighted by Crippen LogP contribution is -2.51. The molecule has 27 heavy (non-hydrogen) atoms. The quantitative estimate of drug-likeness (QED) is 0.860. The predicted molar refractivity (Wildman–Crippen MR) is 105 cm³/mol. The third-order valence-electron chi connectivity index (χ3n) is 6.99. The molecule has 1 saturated carbocycles. The second kappa shape index (κ2) is 7.17. The van der Waals surface area contributed by atoms with Crippen LogP contribution in [0.1, 0.15) is 56.1 Å². The summed E-state index contributed by atoms with van der Waals surface area (Å²) in [5.74, 6) is 0.180. The highest BCUT2D eigenvalue weighted by Crippen LogP contribution is 2.42. The zero-order valence-electron chi connectivity index (χ0n) is 16.4. The number of rotatable bonds is 3. The summed E-state index contributed by atoms with van der Waals surface area (Å²) >= 11 is 0. The van der Waals surface area contributed by atoms with Crippen molar-refractivity contribution >= 4 is 11.9 Å². The molecule has 2 aliphatic heterocycles. The Labute approximate surface area is 161 Å². The number of aryl methyl sites for hydroxylation is 1. The molecule has 146 valence electrons. The number of piperidine rings is 1. The van der Waals surface area contributed by atoms with E-state index in [1.165, 1.54) is 11.1 Å². The van der Waals surface area contributed by atoms with E-state index in [4.69, 9.17) is 0 Å². The molecule has 2 saturated heterocycles. The Hall–Kier alpha value is -2.04. The second-order valence-corrected chi connectivity index (χ2v) is 8.90. The number of nitrogens with one attached hydrogen (secondary N) is 2. The van der Waals surface area contributed by atoms with Crippen molar-refractivity contribution in [2.45, 2.75) is 63.8 Å². The first-order chi connectivity index (χ1) is 13.0. The first-order valence-corrected chi connectivity index (χ1v) is 10.4. The molecule has 3 amide bonds. The highest BCUT2D eigenvalue weighted by atomic mass is 16.2. The van der Waals surface area contributed by atoms with Crippen molar-refractivity contribution in [3.8, 4) is 0 Å². The van der Waals surface area contributed by atoms with Crippen LogP contribution in [0.2, 0.25) is 0 Å². The van der Waals surface area contributed by atoms with Gasteiger partial charge in [0.1, 0.15) is 0 Å². The van der Waals surface area contributed by atoms with Crippen LogP contribution in [0.5, 0.6) is 0 Å². The normalized spacial score (nSPS) is 23.4. The van der Waals surface area contributed by atoms with E-state index in [2.05, 4.69) is 41.8 Å². The van der Waals surface area contributed by atoms with E-state index in [0.29, 0.717) is 6.42 Å². The molecular formula is C22H31N3O2. The molecule has 2 N–H and O–H groups in total. The van der Waals surface area contributed by atoms with Crippen LogP contribution in [0.3, 0.4) is 0 Å². The van der Waals surface area contributed by atoms with Gasteiger partial charge in [0.2, 0.25) is 5.91 Å². The van der Waals surface area contributed by atoms with Crippen molar-refractivity contribution in [2.75, 3.05) is 19.6 Å². The molecular weight excluding hydrogens is 338 g/mol. The lowest BCUT2D eigenvalue weighted by atomic mass is 9.73. The fraction of sp³-hybridized carbons (Fsp3) is 0.636. The molecule has 5 nitrogen and oxygen atoms in total. The van der Waals surface area contributed by atoms with Gasteiger partial charge in [-0.3, -0.25) is 4.79 Å². The van der Waals surface area contributed by atoms with Crippen molar-refractivity contribution in [2.24, 2.45) is 5.41 Å².